The summed E-state index contributed by atoms with van der Waals surface area (Å²) in [5.41, 5.74) is 1.39. The molecule has 0 saturated carbocycles. The highest BCUT2D eigenvalue weighted by atomic mass is 35.5. The lowest BCUT2D eigenvalue weighted by molar-refractivity contribution is 0.0692. The Morgan fingerprint density at radius 2 is 1.81 bits per heavy atom. The number of carbonyl (C=O) groups is 2. The summed E-state index contributed by atoms with van der Waals surface area (Å²) in [5.74, 6) is -2.81. The van der Waals surface area contributed by atoms with E-state index in [1.165, 1.54) is 18.3 Å². The first-order chi connectivity index (χ1) is 12.9. The molecule has 0 bridgehead atoms. The Morgan fingerprint density at radius 1 is 1.07 bits per heavy atom. The topological polar surface area (TPSA) is 79.3 Å². The molecule has 0 fully saturated rings. The molecule has 3 aromatic rings. The molecule has 0 radical (unpaired) electrons. The first-order valence-electron chi connectivity index (χ1n) is 7.96. The Hall–Kier alpha value is -3.25. The summed E-state index contributed by atoms with van der Waals surface area (Å²) in [4.78, 5) is 27.6. The van der Waals surface area contributed by atoms with E-state index in [9.17, 15) is 14.0 Å². The third-order valence-electron chi connectivity index (χ3n) is 3.86. The van der Waals surface area contributed by atoms with E-state index >= 15 is 0 Å². The van der Waals surface area contributed by atoms with E-state index in [0.29, 0.717) is 17.3 Å². The van der Waals surface area contributed by atoms with Crippen molar-refractivity contribution in [3.05, 3.63) is 94.0 Å². The van der Waals surface area contributed by atoms with Gasteiger partial charge in [-0.25, -0.2) is 9.18 Å². The molecule has 1 aromatic heterocycles. The lowest BCUT2D eigenvalue weighted by Crippen LogP contribution is -2.08. The molecule has 0 unspecified atom stereocenters. The SMILES string of the molecule is O=C(c1ccc(F)c(C(=O)O)c1)c1ccc(NCc2ccc(Cl)cc2)cn1. The Labute approximate surface area is 159 Å². The van der Waals surface area contributed by atoms with Gasteiger partial charge >= 0.3 is 5.97 Å². The average molecular weight is 385 g/mol. The molecule has 0 aliphatic heterocycles. The molecule has 3 rings (SSSR count). The van der Waals surface area contributed by atoms with E-state index in [4.69, 9.17) is 16.7 Å². The van der Waals surface area contributed by atoms with Gasteiger partial charge in [0.15, 0.2) is 0 Å². The molecule has 0 amide bonds. The maximum absolute atomic E-state index is 13.5. The van der Waals surface area contributed by atoms with E-state index < -0.39 is 23.1 Å². The van der Waals surface area contributed by atoms with Gasteiger partial charge in [-0.05, 0) is 48.0 Å². The Balaban J connectivity index is 1.71. The highest BCUT2D eigenvalue weighted by molar-refractivity contribution is 6.30. The van der Waals surface area contributed by atoms with Gasteiger partial charge in [-0.3, -0.25) is 9.78 Å². The molecule has 0 atom stereocenters. The van der Waals surface area contributed by atoms with Crippen LogP contribution in [0.2, 0.25) is 5.02 Å². The fourth-order valence-corrected chi connectivity index (χ4v) is 2.54. The van der Waals surface area contributed by atoms with Gasteiger partial charge in [0.1, 0.15) is 11.5 Å². The monoisotopic (exact) mass is 384 g/mol. The summed E-state index contributed by atoms with van der Waals surface area (Å²) < 4.78 is 13.5. The molecule has 27 heavy (non-hydrogen) atoms. The van der Waals surface area contributed by atoms with E-state index in [2.05, 4.69) is 10.3 Å². The van der Waals surface area contributed by atoms with Crippen LogP contribution < -0.4 is 5.32 Å². The van der Waals surface area contributed by atoms with Crippen molar-refractivity contribution in [1.82, 2.24) is 4.98 Å². The number of pyridine rings is 1. The van der Waals surface area contributed by atoms with Gasteiger partial charge in [-0.1, -0.05) is 23.7 Å². The number of aromatic carboxylic acids is 1. The Kier molecular flexibility index (Phi) is 5.47. The third kappa shape index (κ3) is 4.48. The van der Waals surface area contributed by atoms with Crippen LogP contribution in [0.15, 0.2) is 60.8 Å². The van der Waals surface area contributed by atoms with E-state index in [0.717, 1.165) is 17.7 Å². The third-order valence-corrected chi connectivity index (χ3v) is 4.12. The summed E-state index contributed by atoms with van der Waals surface area (Å²) in [7, 11) is 0. The van der Waals surface area contributed by atoms with Crippen molar-refractivity contribution >= 4 is 29.0 Å². The van der Waals surface area contributed by atoms with Crippen molar-refractivity contribution in [3.8, 4) is 0 Å². The van der Waals surface area contributed by atoms with Crippen molar-refractivity contribution in [2.45, 2.75) is 6.54 Å². The van der Waals surface area contributed by atoms with E-state index in [1.54, 1.807) is 18.2 Å². The standard InChI is InChI=1S/C20H14ClFN2O3/c21-14-4-1-12(2-5-14)10-23-15-6-8-18(24-11-15)19(25)13-3-7-17(22)16(9-13)20(26)27/h1-9,11,23H,10H2,(H,26,27). The van der Waals surface area contributed by atoms with Gasteiger partial charge < -0.3 is 10.4 Å². The van der Waals surface area contributed by atoms with Gasteiger partial charge in [0.25, 0.3) is 0 Å². The minimum atomic E-state index is -1.43. The number of aromatic nitrogens is 1. The molecule has 7 heteroatoms. The first kappa shape index (κ1) is 18.5. The Morgan fingerprint density at radius 3 is 2.44 bits per heavy atom. The number of hydrogen-bond acceptors (Lipinski definition) is 4. The van der Waals surface area contributed by atoms with Gasteiger partial charge in [-0.2, -0.15) is 0 Å². The summed E-state index contributed by atoms with van der Waals surface area (Å²) in [6, 6.07) is 13.8. The highest BCUT2D eigenvalue weighted by Gasteiger charge is 2.16. The van der Waals surface area contributed by atoms with Crippen LogP contribution in [0, 0.1) is 5.82 Å². The van der Waals surface area contributed by atoms with E-state index in [-0.39, 0.29) is 11.3 Å². The van der Waals surface area contributed by atoms with Crippen LogP contribution in [-0.2, 0) is 6.54 Å². The maximum atomic E-state index is 13.5. The predicted octanol–water partition coefficient (Wildman–Crippen LogP) is 4.42. The normalized spacial score (nSPS) is 10.4. The van der Waals surface area contributed by atoms with Crippen LogP contribution in [0.25, 0.3) is 0 Å². The van der Waals surface area contributed by atoms with Crippen LogP contribution in [0.4, 0.5) is 10.1 Å². The van der Waals surface area contributed by atoms with Crippen molar-refractivity contribution in [1.29, 1.82) is 0 Å². The minimum absolute atomic E-state index is 0.0585. The number of halogens is 2. The van der Waals surface area contributed by atoms with Gasteiger partial charge in [0.05, 0.1) is 17.4 Å². The van der Waals surface area contributed by atoms with Gasteiger partial charge in [-0.15, -0.1) is 0 Å². The average Bonchev–Trinajstić information content (AvgIpc) is 2.67. The van der Waals surface area contributed by atoms with Crippen molar-refractivity contribution in [2.24, 2.45) is 0 Å². The smallest absolute Gasteiger partial charge is 0.338 e. The largest absolute Gasteiger partial charge is 0.478 e. The highest BCUT2D eigenvalue weighted by Crippen LogP contribution is 2.16. The van der Waals surface area contributed by atoms with E-state index in [1.807, 2.05) is 12.1 Å². The first-order valence-corrected chi connectivity index (χ1v) is 8.34. The minimum Gasteiger partial charge on any atom is -0.478 e. The molecule has 5 nitrogen and oxygen atoms in total. The number of carbonyl (C=O) groups excluding carboxylic acids is 1. The second-order valence-corrected chi connectivity index (χ2v) is 6.18. The fraction of sp³-hybridized carbons (Fsp3) is 0.0500. The zero-order valence-electron chi connectivity index (χ0n) is 13.9. The summed E-state index contributed by atoms with van der Waals surface area (Å²) in [6.07, 6.45) is 1.50. The zero-order valence-corrected chi connectivity index (χ0v) is 14.7. The van der Waals surface area contributed by atoms with Crippen LogP contribution >= 0.6 is 11.6 Å². The number of carboxylic acids is 1. The second-order valence-electron chi connectivity index (χ2n) is 5.74. The number of nitrogens with one attached hydrogen (secondary N) is 1. The van der Waals surface area contributed by atoms with Crippen LogP contribution in [0.1, 0.15) is 32.0 Å². The number of ketones is 1. The Bertz CT molecular complexity index is 989. The zero-order chi connectivity index (χ0) is 19.4. The van der Waals surface area contributed by atoms with Crippen molar-refractivity contribution in [2.75, 3.05) is 5.32 Å². The number of anilines is 1. The van der Waals surface area contributed by atoms with Crippen molar-refractivity contribution < 1.29 is 19.1 Å². The quantitative estimate of drug-likeness (QED) is 0.615. The van der Waals surface area contributed by atoms with Crippen molar-refractivity contribution in [3.63, 3.8) is 0 Å². The van der Waals surface area contributed by atoms with Crippen LogP contribution in [0.3, 0.4) is 0 Å². The lowest BCUT2D eigenvalue weighted by atomic mass is 10.0. The van der Waals surface area contributed by atoms with Gasteiger partial charge in [0.2, 0.25) is 5.78 Å². The molecular weight excluding hydrogens is 371 g/mol. The molecule has 2 aromatic carbocycles. The molecular formula is C20H14ClFN2O3. The predicted molar refractivity (Wildman–Crippen MR) is 99.8 cm³/mol. The van der Waals surface area contributed by atoms with Crippen LogP contribution in [-0.4, -0.2) is 21.8 Å². The number of hydrogen-bond donors (Lipinski definition) is 2. The molecule has 0 spiro atoms. The summed E-state index contributed by atoms with van der Waals surface area (Å²) >= 11 is 5.85. The molecule has 1 heterocycles. The van der Waals surface area contributed by atoms with Crippen LogP contribution in [0.5, 0.6) is 0 Å². The second kappa shape index (κ2) is 7.97. The lowest BCUT2D eigenvalue weighted by Gasteiger charge is -2.07. The fourth-order valence-electron chi connectivity index (χ4n) is 2.42. The molecule has 136 valence electrons. The summed E-state index contributed by atoms with van der Waals surface area (Å²) in [5, 5.41) is 12.8. The molecule has 2 N–H and O–H groups in total. The molecule has 0 aliphatic rings. The number of rotatable bonds is 6. The number of nitrogens with zero attached hydrogens (tertiary/aromatic N) is 1. The number of carboxylic acid groups (broad SMARTS) is 1. The molecule has 0 aliphatic carbocycles. The molecule has 0 saturated heterocycles. The maximum Gasteiger partial charge on any atom is 0.338 e. The van der Waals surface area contributed by atoms with Gasteiger partial charge in [0, 0.05) is 17.1 Å². The number of benzene rings is 2. The summed E-state index contributed by atoms with van der Waals surface area (Å²) in [6.45, 7) is 0.562.